The molecular formula is C12H13ClN2O5. The number of anilines is 1. The molecule has 0 amide bonds. The first kappa shape index (κ1) is 14.5. The van der Waals surface area contributed by atoms with E-state index in [0.717, 1.165) is 0 Å². The summed E-state index contributed by atoms with van der Waals surface area (Å²) in [6.45, 7) is 1.03. The zero-order chi connectivity index (χ0) is 14.7. The van der Waals surface area contributed by atoms with Crippen LogP contribution in [-0.2, 0) is 9.53 Å². The smallest absolute Gasteiger partial charge is 0.305 e. The second-order valence-corrected chi connectivity index (χ2v) is 4.85. The number of nitro groups is 1. The number of benzene rings is 1. The second-order valence-electron chi connectivity index (χ2n) is 4.41. The lowest BCUT2D eigenvalue weighted by atomic mass is 10.1. The molecule has 1 aromatic rings. The van der Waals surface area contributed by atoms with Crippen molar-refractivity contribution in [1.29, 1.82) is 0 Å². The third kappa shape index (κ3) is 3.17. The van der Waals surface area contributed by atoms with Crippen molar-refractivity contribution in [3.05, 3.63) is 33.3 Å². The van der Waals surface area contributed by atoms with Crippen molar-refractivity contribution >= 4 is 28.9 Å². The number of ether oxygens (including phenoxy) is 1. The number of hydrogen-bond donors (Lipinski definition) is 1. The third-order valence-electron chi connectivity index (χ3n) is 3.08. The average Bonchev–Trinajstić information content (AvgIpc) is 2.39. The maximum atomic E-state index is 11.1. The zero-order valence-corrected chi connectivity index (χ0v) is 11.2. The SMILES string of the molecule is O=C(O)CC1COCCN1c1ccc(Cl)cc1[N+](=O)[O-]. The lowest BCUT2D eigenvalue weighted by molar-refractivity contribution is -0.384. The van der Waals surface area contributed by atoms with E-state index in [4.69, 9.17) is 21.4 Å². The van der Waals surface area contributed by atoms with Gasteiger partial charge in [-0.05, 0) is 12.1 Å². The van der Waals surface area contributed by atoms with Gasteiger partial charge in [0.15, 0.2) is 0 Å². The summed E-state index contributed by atoms with van der Waals surface area (Å²) in [6, 6.07) is 3.93. The van der Waals surface area contributed by atoms with Gasteiger partial charge in [0, 0.05) is 17.6 Å². The van der Waals surface area contributed by atoms with Crippen molar-refractivity contribution in [2.75, 3.05) is 24.7 Å². The van der Waals surface area contributed by atoms with Crippen molar-refractivity contribution in [2.45, 2.75) is 12.5 Å². The third-order valence-corrected chi connectivity index (χ3v) is 3.32. The summed E-state index contributed by atoms with van der Waals surface area (Å²) >= 11 is 5.78. The van der Waals surface area contributed by atoms with Crippen LogP contribution < -0.4 is 4.90 Å². The van der Waals surface area contributed by atoms with E-state index in [-0.39, 0.29) is 23.7 Å². The Morgan fingerprint density at radius 3 is 3.00 bits per heavy atom. The summed E-state index contributed by atoms with van der Waals surface area (Å²) in [6.07, 6.45) is -0.139. The molecule has 0 bridgehead atoms. The predicted octanol–water partition coefficient (Wildman–Crippen LogP) is 1.93. The highest BCUT2D eigenvalue weighted by atomic mass is 35.5. The molecule has 1 aliphatic heterocycles. The lowest BCUT2D eigenvalue weighted by Crippen LogP contribution is -2.46. The topological polar surface area (TPSA) is 92.9 Å². The van der Waals surface area contributed by atoms with Crippen LogP contribution in [-0.4, -0.2) is 41.8 Å². The fourth-order valence-electron chi connectivity index (χ4n) is 2.23. The second kappa shape index (κ2) is 6.06. The Morgan fingerprint density at radius 2 is 2.35 bits per heavy atom. The molecule has 1 fully saturated rings. The zero-order valence-electron chi connectivity index (χ0n) is 10.5. The molecule has 108 valence electrons. The molecule has 1 unspecified atom stereocenters. The van der Waals surface area contributed by atoms with Crippen LogP contribution in [0.1, 0.15) is 6.42 Å². The summed E-state index contributed by atoms with van der Waals surface area (Å²) in [5, 5.41) is 20.3. The number of nitrogens with zero attached hydrogens (tertiary/aromatic N) is 2. The standard InChI is InChI=1S/C12H13ClN2O5/c13-8-1-2-10(11(5-8)15(18)19)14-3-4-20-7-9(14)6-12(16)17/h1-2,5,9H,3-4,6-7H2,(H,16,17). The van der Waals surface area contributed by atoms with Crippen LogP contribution >= 0.6 is 11.6 Å². The van der Waals surface area contributed by atoms with E-state index in [1.807, 2.05) is 0 Å². The highest BCUT2D eigenvalue weighted by Gasteiger charge is 2.30. The van der Waals surface area contributed by atoms with Crippen LogP contribution in [0.15, 0.2) is 18.2 Å². The summed E-state index contributed by atoms with van der Waals surface area (Å²) in [7, 11) is 0. The molecule has 1 N–H and O–H groups in total. The van der Waals surface area contributed by atoms with Crippen molar-refractivity contribution < 1.29 is 19.6 Å². The molecule has 20 heavy (non-hydrogen) atoms. The predicted molar refractivity (Wildman–Crippen MR) is 72.3 cm³/mol. The van der Waals surface area contributed by atoms with Crippen LogP contribution in [0.4, 0.5) is 11.4 Å². The van der Waals surface area contributed by atoms with Crippen LogP contribution in [0.25, 0.3) is 0 Å². The molecule has 1 aliphatic rings. The number of morpholine rings is 1. The molecule has 0 aromatic heterocycles. The summed E-state index contributed by atoms with van der Waals surface area (Å²) < 4.78 is 5.26. The number of aliphatic carboxylic acids is 1. The van der Waals surface area contributed by atoms with Crippen LogP contribution in [0.3, 0.4) is 0 Å². The minimum atomic E-state index is -0.970. The average molecular weight is 301 g/mol. The molecule has 1 heterocycles. The normalized spacial score (nSPS) is 18.9. The molecular weight excluding hydrogens is 288 g/mol. The molecule has 0 radical (unpaired) electrons. The number of carbonyl (C=O) groups is 1. The van der Waals surface area contributed by atoms with Gasteiger partial charge in [0.2, 0.25) is 0 Å². The highest BCUT2D eigenvalue weighted by Crippen LogP contribution is 2.33. The maximum absolute atomic E-state index is 11.1. The fraction of sp³-hybridized carbons (Fsp3) is 0.417. The Hall–Kier alpha value is -1.86. The Balaban J connectivity index is 2.36. The fourth-order valence-corrected chi connectivity index (χ4v) is 2.39. The van der Waals surface area contributed by atoms with Crippen molar-refractivity contribution in [1.82, 2.24) is 0 Å². The van der Waals surface area contributed by atoms with Crippen molar-refractivity contribution in [3.63, 3.8) is 0 Å². The van der Waals surface area contributed by atoms with E-state index in [1.165, 1.54) is 6.07 Å². The van der Waals surface area contributed by atoms with E-state index in [1.54, 1.807) is 17.0 Å². The molecule has 0 aliphatic carbocycles. The molecule has 0 spiro atoms. The Bertz CT molecular complexity index is 537. The van der Waals surface area contributed by atoms with E-state index < -0.39 is 16.9 Å². The summed E-state index contributed by atoms with van der Waals surface area (Å²) in [5.74, 6) is -0.970. The molecule has 1 saturated heterocycles. The maximum Gasteiger partial charge on any atom is 0.305 e. The number of hydrogen-bond acceptors (Lipinski definition) is 5. The molecule has 8 heteroatoms. The molecule has 1 atom stereocenters. The van der Waals surface area contributed by atoms with E-state index in [0.29, 0.717) is 18.8 Å². The van der Waals surface area contributed by atoms with Gasteiger partial charge < -0.3 is 14.7 Å². The molecule has 2 rings (SSSR count). The first-order chi connectivity index (χ1) is 9.49. The highest BCUT2D eigenvalue weighted by molar-refractivity contribution is 6.30. The Morgan fingerprint density at radius 1 is 1.60 bits per heavy atom. The van der Waals surface area contributed by atoms with Crippen LogP contribution in [0, 0.1) is 10.1 Å². The molecule has 1 aromatic carbocycles. The molecule has 7 nitrogen and oxygen atoms in total. The van der Waals surface area contributed by atoms with Gasteiger partial charge in [-0.25, -0.2) is 0 Å². The van der Waals surface area contributed by atoms with Crippen LogP contribution in [0.5, 0.6) is 0 Å². The minimum Gasteiger partial charge on any atom is -0.481 e. The van der Waals surface area contributed by atoms with Crippen LogP contribution in [0.2, 0.25) is 5.02 Å². The lowest BCUT2D eigenvalue weighted by Gasteiger charge is -2.36. The largest absolute Gasteiger partial charge is 0.481 e. The summed E-state index contributed by atoms with van der Waals surface area (Å²) in [4.78, 5) is 23.2. The van der Waals surface area contributed by atoms with Gasteiger partial charge in [0.25, 0.3) is 5.69 Å². The number of halogens is 1. The molecule has 0 saturated carbocycles. The number of rotatable bonds is 4. The van der Waals surface area contributed by atoms with Gasteiger partial charge in [-0.3, -0.25) is 14.9 Å². The number of carboxylic acids is 1. The number of carboxylic acid groups (broad SMARTS) is 1. The van der Waals surface area contributed by atoms with Gasteiger partial charge in [-0.2, -0.15) is 0 Å². The Labute approximate surface area is 119 Å². The van der Waals surface area contributed by atoms with Crippen molar-refractivity contribution in [3.8, 4) is 0 Å². The first-order valence-corrected chi connectivity index (χ1v) is 6.37. The van der Waals surface area contributed by atoms with E-state index >= 15 is 0 Å². The van der Waals surface area contributed by atoms with Gasteiger partial charge in [-0.15, -0.1) is 0 Å². The first-order valence-electron chi connectivity index (χ1n) is 5.99. The van der Waals surface area contributed by atoms with Gasteiger partial charge in [0.05, 0.1) is 30.6 Å². The minimum absolute atomic E-state index is 0.130. The number of nitro benzene ring substituents is 1. The Kier molecular flexibility index (Phi) is 4.41. The quantitative estimate of drug-likeness (QED) is 0.674. The monoisotopic (exact) mass is 300 g/mol. The summed E-state index contributed by atoms with van der Waals surface area (Å²) in [5.41, 5.74) is 0.240. The van der Waals surface area contributed by atoms with Crippen molar-refractivity contribution in [2.24, 2.45) is 0 Å². The van der Waals surface area contributed by atoms with Gasteiger partial charge >= 0.3 is 5.97 Å². The van der Waals surface area contributed by atoms with E-state index in [9.17, 15) is 14.9 Å². The van der Waals surface area contributed by atoms with E-state index in [2.05, 4.69) is 0 Å². The van der Waals surface area contributed by atoms with Gasteiger partial charge in [0.1, 0.15) is 5.69 Å². The van der Waals surface area contributed by atoms with Gasteiger partial charge in [-0.1, -0.05) is 11.6 Å².